The van der Waals surface area contributed by atoms with Crippen LogP contribution in [0.3, 0.4) is 0 Å². The first-order valence-corrected chi connectivity index (χ1v) is 13.2. The van der Waals surface area contributed by atoms with Crippen LogP contribution in [0.2, 0.25) is 0 Å². The van der Waals surface area contributed by atoms with Gasteiger partial charge in [-0.15, -0.1) is 11.3 Å². The smallest absolute Gasteiger partial charge is 0.227 e. The highest BCUT2D eigenvalue weighted by Gasteiger charge is 2.25. The highest BCUT2D eigenvalue weighted by Crippen LogP contribution is 2.36. The summed E-state index contributed by atoms with van der Waals surface area (Å²) in [4.78, 5) is 31.2. The summed E-state index contributed by atoms with van der Waals surface area (Å²) >= 11 is 1.79. The topological polar surface area (TPSA) is 64.6 Å². The lowest BCUT2D eigenvalue weighted by molar-refractivity contribution is -0.135. The van der Waals surface area contributed by atoms with Gasteiger partial charge in [-0.1, -0.05) is 19.9 Å². The van der Waals surface area contributed by atoms with Crippen molar-refractivity contribution in [3.05, 3.63) is 52.5 Å². The molecule has 2 aliphatic rings. The number of hydrogen-bond donors (Lipinski definition) is 1. The first-order chi connectivity index (χ1) is 16.9. The molecule has 2 aliphatic heterocycles. The second-order valence-corrected chi connectivity index (χ2v) is 11.1. The fraction of sp³-hybridized carbons (Fsp3) is 0.444. The van der Waals surface area contributed by atoms with Gasteiger partial charge in [-0.05, 0) is 55.8 Å². The van der Waals surface area contributed by atoms with E-state index in [1.165, 1.54) is 16.1 Å². The Labute approximate surface area is 211 Å². The highest BCUT2D eigenvalue weighted by atomic mass is 32.1. The largest absolute Gasteiger partial charge is 0.369 e. The van der Waals surface area contributed by atoms with Gasteiger partial charge in [0.2, 0.25) is 11.9 Å². The molecule has 5 rings (SSSR count). The molecule has 0 bridgehead atoms. The van der Waals surface area contributed by atoms with E-state index in [4.69, 9.17) is 4.98 Å². The lowest BCUT2D eigenvalue weighted by Crippen LogP contribution is -2.44. The Hall–Kier alpha value is -2.97. The van der Waals surface area contributed by atoms with Crippen molar-refractivity contribution in [2.75, 3.05) is 50.0 Å². The molecule has 1 aromatic carbocycles. The molecular weight excluding hydrogens is 456 g/mol. The summed E-state index contributed by atoms with van der Waals surface area (Å²) in [6.07, 6.45) is 2.80. The molecule has 7 nitrogen and oxygen atoms in total. The number of nitrogens with one attached hydrogen (secondary N) is 1. The van der Waals surface area contributed by atoms with E-state index >= 15 is 0 Å². The van der Waals surface area contributed by atoms with Crippen molar-refractivity contribution in [3.63, 3.8) is 0 Å². The van der Waals surface area contributed by atoms with Crippen molar-refractivity contribution in [1.82, 2.24) is 19.8 Å². The molecule has 35 heavy (non-hydrogen) atoms. The molecule has 0 aliphatic carbocycles. The molecule has 1 N–H and O–H groups in total. The molecule has 8 heteroatoms. The van der Waals surface area contributed by atoms with Crippen molar-refractivity contribution in [2.24, 2.45) is 5.92 Å². The van der Waals surface area contributed by atoms with Crippen LogP contribution in [0.4, 0.5) is 17.3 Å². The van der Waals surface area contributed by atoms with Gasteiger partial charge in [-0.25, -0.2) is 9.97 Å². The molecule has 0 saturated carbocycles. The third-order valence-corrected chi connectivity index (χ3v) is 8.09. The number of benzene rings is 1. The molecule has 2 aromatic heterocycles. The standard InChI is InChI=1S/C27H34N6OS/c1-18(2)26(34)33-9-8-23-20(17-33)14-24(35-23)25-19(3)16-28-27(30-25)29-21-6-5-7-22(15-21)32-12-10-31(4)11-13-32/h5-7,14-16,18H,8-13,17H2,1-4H3,(H,28,29,30). The average Bonchev–Trinajstić information content (AvgIpc) is 3.28. The summed E-state index contributed by atoms with van der Waals surface area (Å²) in [6.45, 7) is 11.7. The lowest BCUT2D eigenvalue weighted by atomic mass is 10.1. The Kier molecular flexibility index (Phi) is 6.75. The molecule has 0 spiro atoms. The molecule has 0 unspecified atom stereocenters. The Bertz CT molecular complexity index is 1210. The number of aryl methyl sites for hydroxylation is 1. The summed E-state index contributed by atoms with van der Waals surface area (Å²) in [5.41, 5.74) is 5.47. The number of carbonyl (C=O) groups is 1. The number of piperazine rings is 1. The third-order valence-electron chi connectivity index (χ3n) is 6.85. The number of thiophene rings is 1. The normalized spacial score (nSPS) is 16.5. The minimum atomic E-state index is 0.0298. The van der Waals surface area contributed by atoms with Gasteiger partial charge in [0.15, 0.2) is 0 Å². The summed E-state index contributed by atoms with van der Waals surface area (Å²) in [6, 6.07) is 10.7. The van der Waals surface area contributed by atoms with Crippen LogP contribution in [0, 0.1) is 12.8 Å². The summed E-state index contributed by atoms with van der Waals surface area (Å²) < 4.78 is 0. The van der Waals surface area contributed by atoms with E-state index in [-0.39, 0.29) is 11.8 Å². The molecule has 4 heterocycles. The minimum Gasteiger partial charge on any atom is -0.369 e. The van der Waals surface area contributed by atoms with E-state index in [9.17, 15) is 4.79 Å². The second-order valence-electron chi connectivity index (χ2n) is 9.91. The van der Waals surface area contributed by atoms with E-state index in [0.717, 1.165) is 61.0 Å². The van der Waals surface area contributed by atoms with Gasteiger partial charge in [-0.3, -0.25) is 4.79 Å². The minimum absolute atomic E-state index is 0.0298. The maximum atomic E-state index is 12.5. The molecule has 184 valence electrons. The number of aromatic nitrogens is 2. The van der Waals surface area contributed by atoms with Crippen LogP contribution < -0.4 is 10.2 Å². The molecule has 3 aromatic rings. The zero-order valence-electron chi connectivity index (χ0n) is 21.0. The Balaban J connectivity index is 1.34. The number of nitrogens with zero attached hydrogens (tertiary/aromatic N) is 5. The van der Waals surface area contributed by atoms with Crippen LogP contribution in [-0.4, -0.2) is 65.4 Å². The van der Waals surface area contributed by atoms with Crippen LogP contribution in [0.25, 0.3) is 10.6 Å². The second kappa shape index (κ2) is 9.95. The van der Waals surface area contributed by atoms with Crippen LogP contribution in [0.5, 0.6) is 0 Å². The van der Waals surface area contributed by atoms with Gasteiger partial charge in [0, 0.05) is 67.6 Å². The zero-order chi connectivity index (χ0) is 24.5. The van der Waals surface area contributed by atoms with Crippen molar-refractivity contribution in [2.45, 2.75) is 33.7 Å². The molecule has 0 atom stereocenters. The number of hydrogen-bond acceptors (Lipinski definition) is 7. The first kappa shape index (κ1) is 23.8. The fourth-order valence-electron chi connectivity index (χ4n) is 4.73. The predicted molar refractivity (Wildman–Crippen MR) is 143 cm³/mol. The number of carbonyl (C=O) groups excluding carboxylic acids is 1. The van der Waals surface area contributed by atoms with Gasteiger partial charge in [0.1, 0.15) is 0 Å². The van der Waals surface area contributed by atoms with Crippen molar-refractivity contribution < 1.29 is 4.79 Å². The molecule has 1 amide bonds. The summed E-state index contributed by atoms with van der Waals surface area (Å²) in [7, 11) is 2.17. The van der Waals surface area contributed by atoms with E-state index in [1.54, 1.807) is 11.3 Å². The van der Waals surface area contributed by atoms with Crippen LogP contribution >= 0.6 is 11.3 Å². The van der Waals surface area contributed by atoms with Crippen LogP contribution in [-0.2, 0) is 17.8 Å². The van der Waals surface area contributed by atoms with Crippen molar-refractivity contribution in [3.8, 4) is 10.6 Å². The third kappa shape index (κ3) is 5.18. The number of fused-ring (bicyclic) bond motifs is 1. The van der Waals surface area contributed by atoms with Crippen LogP contribution in [0.15, 0.2) is 36.5 Å². The van der Waals surface area contributed by atoms with Gasteiger partial charge >= 0.3 is 0 Å². The fourth-order valence-corrected chi connectivity index (χ4v) is 5.95. The maximum Gasteiger partial charge on any atom is 0.227 e. The van der Waals surface area contributed by atoms with Gasteiger partial charge in [0.25, 0.3) is 0 Å². The van der Waals surface area contributed by atoms with Crippen molar-refractivity contribution in [1.29, 1.82) is 0 Å². The molecular formula is C27H34N6OS. The first-order valence-electron chi connectivity index (χ1n) is 12.4. The quantitative estimate of drug-likeness (QED) is 0.566. The number of rotatable bonds is 5. The number of anilines is 3. The van der Waals surface area contributed by atoms with Gasteiger partial charge in [-0.2, -0.15) is 0 Å². The monoisotopic (exact) mass is 490 g/mol. The number of amides is 1. The summed E-state index contributed by atoms with van der Waals surface area (Å²) in [5.74, 6) is 0.859. The van der Waals surface area contributed by atoms with E-state index in [1.807, 2.05) is 24.9 Å². The zero-order valence-corrected chi connectivity index (χ0v) is 21.9. The van der Waals surface area contributed by atoms with E-state index in [0.29, 0.717) is 12.5 Å². The molecule has 1 fully saturated rings. The number of likely N-dealkylation sites (N-methyl/N-ethyl adjacent to an activating group) is 1. The Morgan fingerprint density at radius 2 is 1.91 bits per heavy atom. The maximum absolute atomic E-state index is 12.5. The Morgan fingerprint density at radius 1 is 1.11 bits per heavy atom. The van der Waals surface area contributed by atoms with Gasteiger partial charge in [0.05, 0.1) is 10.6 Å². The lowest BCUT2D eigenvalue weighted by Gasteiger charge is -2.34. The van der Waals surface area contributed by atoms with Crippen molar-refractivity contribution >= 4 is 34.6 Å². The summed E-state index contributed by atoms with van der Waals surface area (Å²) in [5, 5.41) is 3.42. The molecule has 0 radical (unpaired) electrons. The Morgan fingerprint density at radius 3 is 2.69 bits per heavy atom. The van der Waals surface area contributed by atoms with Crippen LogP contribution in [0.1, 0.15) is 29.9 Å². The molecule has 1 saturated heterocycles. The van der Waals surface area contributed by atoms with E-state index in [2.05, 4.69) is 64.4 Å². The van der Waals surface area contributed by atoms with E-state index < -0.39 is 0 Å². The average molecular weight is 491 g/mol. The van der Waals surface area contributed by atoms with Gasteiger partial charge < -0.3 is 20.0 Å². The predicted octanol–water partition coefficient (Wildman–Crippen LogP) is 4.55. The highest BCUT2D eigenvalue weighted by molar-refractivity contribution is 7.15. The SMILES string of the molecule is Cc1cnc(Nc2cccc(N3CCN(C)CC3)c2)nc1-c1cc2c(s1)CCN(C(=O)C(C)C)C2.